The fraction of sp³-hybridized carbons (Fsp3) is 0.250. The van der Waals surface area contributed by atoms with Crippen LogP contribution in [0.1, 0.15) is 38.5 Å². The van der Waals surface area contributed by atoms with Crippen molar-refractivity contribution in [3.63, 3.8) is 0 Å². The Hall–Kier alpha value is -3.92. The molecule has 10 heteroatoms. The summed E-state index contributed by atoms with van der Waals surface area (Å²) in [5.41, 5.74) is 0.187. The molecule has 0 aliphatic heterocycles. The molecule has 4 rings (SSSR count). The number of carbonyl (C=O) groups excluding carboxylic acids is 2. The highest BCUT2D eigenvalue weighted by atomic mass is 32.1. The van der Waals surface area contributed by atoms with E-state index >= 15 is 0 Å². The Balaban J connectivity index is 1.46. The molecule has 9 nitrogen and oxygen atoms in total. The van der Waals surface area contributed by atoms with Crippen molar-refractivity contribution in [3.05, 3.63) is 81.1 Å². The van der Waals surface area contributed by atoms with E-state index in [-0.39, 0.29) is 37.7 Å². The van der Waals surface area contributed by atoms with Crippen LogP contribution < -0.4 is 10.3 Å². The summed E-state index contributed by atoms with van der Waals surface area (Å²) < 4.78 is 22.6. The van der Waals surface area contributed by atoms with Crippen LogP contribution in [-0.2, 0) is 16.0 Å². The fourth-order valence-electron chi connectivity index (χ4n) is 3.29. The predicted molar refractivity (Wildman–Crippen MR) is 125 cm³/mol. The molecule has 1 aromatic carbocycles. The average Bonchev–Trinajstić information content (AvgIpc) is 3.44. The van der Waals surface area contributed by atoms with Crippen LogP contribution >= 0.6 is 11.3 Å². The molecule has 0 amide bonds. The number of rotatable bonds is 9. The molecule has 0 aliphatic rings. The lowest BCUT2D eigenvalue weighted by molar-refractivity contribution is 0.0453. The molecule has 3 heterocycles. The standard InChI is InChI=1S/C24H22N2O7S/c1-3-30-23(28)18-10-9-17(33-18)13-26-14-25-21-19(22(26)27)15(2)20(34-21)24(29)32-12-11-31-16-7-5-4-6-8-16/h4-10,14H,3,11-13H2,1-2H3. The maximum atomic E-state index is 13.1. The molecule has 0 N–H and O–H groups in total. The zero-order chi connectivity index (χ0) is 24.1. The quantitative estimate of drug-likeness (QED) is 0.262. The maximum Gasteiger partial charge on any atom is 0.374 e. The molecular weight excluding hydrogens is 460 g/mol. The number of aryl methyl sites for hydroxylation is 1. The summed E-state index contributed by atoms with van der Waals surface area (Å²) in [5, 5.41) is 0.345. The Bertz CT molecular complexity index is 1370. The Morgan fingerprint density at radius 2 is 1.85 bits per heavy atom. The first kappa shape index (κ1) is 23.2. The van der Waals surface area contributed by atoms with E-state index in [2.05, 4.69) is 4.98 Å². The lowest BCUT2D eigenvalue weighted by Crippen LogP contribution is -2.21. The van der Waals surface area contributed by atoms with Crippen molar-refractivity contribution in [3.8, 4) is 5.75 Å². The van der Waals surface area contributed by atoms with Gasteiger partial charge in [-0.25, -0.2) is 14.6 Å². The molecule has 176 valence electrons. The number of furan rings is 1. The number of para-hydroxylation sites is 1. The van der Waals surface area contributed by atoms with Crippen LogP contribution in [0.2, 0.25) is 0 Å². The first-order chi connectivity index (χ1) is 16.5. The Kier molecular flexibility index (Phi) is 7.07. The zero-order valence-electron chi connectivity index (χ0n) is 18.6. The van der Waals surface area contributed by atoms with Crippen molar-refractivity contribution >= 4 is 33.5 Å². The molecule has 0 unspecified atom stereocenters. The first-order valence-electron chi connectivity index (χ1n) is 10.6. The summed E-state index contributed by atoms with van der Waals surface area (Å²) in [6.45, 7) is 3.98. The summed E-state index contributed by atoms with van der Waals surface area (Å²) in [6.07, 6.45) is 1.38. The summed E-state index contributed by atoms with van der Waals surface area (Å²) in [4.78, 5) is 42.5. The highest BCUT2D eigenvalue weighted by Gasteiger charge is 2.21. The first-order valence-corrected chi connectivity index (χ1v) is 11.4. The number of benzene rings is 1. The summed E-state index contributed by atoms with van der Waals surface area (Å²) in [6, 6.07) is 12.3. The van der Waals surface area contributed by atoms with Crippen LogP contribution in [-0.4, -0.2) is 41.3 Å². The van der Waals surface area contributed by atoms with Crippen LogP contribution in [0.4, 0.5) is 0 Å². The third-order valence-electron chi connectivity index (χ3n) is 4.90. The maximum absolute atomic E-state index is 13.1. The molecule has 0 spiro atoms. The molecule has 0 saturated heterocycles. The predicted octanol–water partition coefficient (Wildman–Crippen LogP) is 3.82. The number of aromatic nitrogens is 2. The number of hydrogen-bond acceptors (Lipinski definition) is 9. The fourth-order valence-corrected chi connectivity index (χ4v) is 4.32. The molecule has 0 atom stereocenters. The molecule has 0 aliphatic carbocycles. The van der Waals surface area contributed by atoms with Gasteiger partial charge < -0.3 is 18.6 Å². The SMILES string of the molecule is CCOC(=O)c1ccc(Cn2cnc3sc(C(=O)OCCOc4ccccc4)c(C)c3c2=O)o1. The summed E-state index contributed by atoms with van der Waals surface area (Å²) in [5.74, 6) is 0.0466. The van der Waals surface area contributed by atoms with Crippen molar-refractivity contribution in [1.82, 2.24) is 9.55 Å². The number of fused-ring (bicyclic) bond motifs is 1. The highest BCUT2D eigenvalue weighted by molar-refractivity contribution is 7.20. The van der Waals surface area contributed by atoms with Crippen molar-refractivity contribution in [2.24, 2.45) is 0 Å². The Labute approximate surface area is 198 Å². The third kappa shape index (κ3) is 5.01. The van der Waals surface area contributed by atoms with Gasteiger partial charge in [0.2, 0.25) is 5.76 Å². The molecule has 4 aromatic rings. The van der Waals surface area contributed by atoms with Gasteiger partial charge in [0, 0.05) is 0 Å². The largest absolute Gasteiger partial charge is 0.490 e. The van der Waals surface area contributed by atoms with Crippen molar-refractivity contribution in [2.75, 3.05) is 19.8 Å². The third-order valence-corrected chi connectivity index (χ3v) is 6.08. The highest BCUT2D eigenvalue weighted by Crippen LogP contribution is 2.27. The van der Waals surface area contributed by atoms with Crippen LogP contribution in [0.3, 0.4) is 0 Å². The lowest BCUT2D eigenvalue weighted by atomic mass is 10.2. The molecule has 0 bridgehead atoms. The molecule has 3 aromatic heterocycles. The molecular formula is C24H22N2O7S. The second-order valence-corrected chi connectivity index (χ2v) is 8.20. The van der Waals surface area contributed by atoms with Gasteiger partial charge in [-0.05, 0) is 43.7 Å². The number of nitrogens with zero attached hydrogens (tertiary/aromatic N) is 2. The van der Waals surface area contributed by atoms with Crippen LogP contribution in [0.5, 0.6) is 5.75 Å². The number of hydrogen-bond donors (Lipinski definition) is 0. The van der Waals surface area contributed by atoms with Crippen LogP contribution in [0.15, 0.2) is 58.0 Å². The van der Waals surface area contributed by atoms with Gasteiger partial charge in [0.25, 0.3) is 5.56 Å². The minimum absolute atomic E-state index is 0.0620. The second kappa shape index (κ2) is 10.3. The van der Waals surface area contributed by atoms with Gasteiger partial charge in [0.1, 0.15) is 34.4 Å². The van der Waals surface area contributed by atoms with E-state index in [1.165, 1.54) is 17.0 Å². The Morgan fingerprint density at radius 3 is 2.62 bits per heavy atom. The second-order valence-electron chi connectivity index (χ2n) is 7.20. The van der Waals surface area contributed by atoms with Gasteiger partial charge in [0.15, 0.2) is 0 Å². The van der Waals surface area contributed by atoms with Gasteiger partial charge in [0.05, 0.1) is 24.9 Å². The van der Waals surface area contributed by atoms with Crippen molar-refractivity contribution < 1.29 is 28.2 Å². The molecule has 34 heavy (non-hydrogen) atoms. The zero-order valence-corrected chi connectivity index (χ0v) is 19.4. The number of carbonyl (C=O) groups is 2. The van der Waals surface area contributed by atoms with Gasteiger partial charge in [-0.3, -0.25) is 9.36 Å². The van der Waals surface area contributed by atoms with Crippen LogP contribution in [0.25, 0.3) is 10.2 Å². The molecule has 0 saturated carbocycles. The van der Waals surface area contributed by atoms with Gasteiger partial charge in [-0.2, -0.15) is 0 Å². The van der Waals surface area contributed by atoms with E-state index in [4.69, 9.17) is 18.6 Å². The lowest BCUT2D eigenvalue weighted by Gasteiger charge is -2.06. The van der Waals surface area contributed by atoms with E-state index in [1.807, 2.05) is 30.3 Å². The van der Waals surface area contributed by atoms with E-state index in [0.717, 1.165) is 11.3 Å². The van der Waals surface area contributed by atoms with E-state index in [0.29, 0.717) is 32.2 Å². The minimum Gasteiger partial charge on any atom is -0.490 e. The van der Waals surface area contributed by atoms with E-state index in [9.17, 15) is 14.4 Å². The summed E-state index contributed by atoms with van der Waals surface area (Å²) in [7, 11) is 0. The van der Waals surface area contributed by atoms with Crippen molar-refractivity contribution in [2.45, 2.75) is 20.4 Å². The van der Waals surface area contributed by atoms with Gasteiger partial charge in [-0.15, -0.1) is 11.3 Å². The molecule has 0 radical (unpaired) electrons. The topological polar surface area (TPSA) is 110 Å². The summed E-state index contributed by atoms with van der Waals surface area (Å²) >= 11 is 1.10. The van der Waals surface area contributed by atoms with Gasteiger partial charge >= 0.3 is 11.9 Å². The van der Waals surface area contributed by atoms with Crippen molar-refractivity contribution in [1.29, 1.82) is 0 Å². The van der Waals surface area contributed by atoms with Crippen LogP contribution in [0, 0.1) is 6.92 Å². The number of esters is 2. The monoisotopic (exact) mass is 482 g/mol. The number of thiophene rings is 1. The minimum atomic E-state index is -0.569. The van der Waals surface area contributed by atoms with E-state index in [1.54, 1.807) is 19.9 Å². The normalized spacial score (nSPS) is 10.9. The number of ether oxygens (including phenoxy) is 3. The average molecular weight is 483 g/mol. The smallest absolute Gasteiger partial charge is 0.374 e. The van der Waals surface area contributed by atoms with E-state index < -0.39 is 11.9 Å². The van der Waals surface area contributed by atoms with Gasteiger partial charge in [-0.1, -0.05) is 18.2 Å². The molecule has 0 fully saturated rings. The Morgan fingerprint density at radius 1 is 1.06 bits per heavy atom.